The van der Waals surface area contributed by atoms with Crippen LogP contribution in [0, 0.1) is 12.3 Å². The molecule has 0 bridgehead atoms. The van der Waals surface area contributed by atoms with Crippen molar-refractivity contribution in [3.05, 3.63) is 35.4 Å². The van der Waals surface area contributed by atoms with Crippen LogP contribution in [0.1, 0.15) is 57.7 Å². The summed E-state index contributed by atoms with van der Waals surface area (Å²) in [6.07, 6.45) is 6.62. The maximum absolute atomic E-state index is 13.2. The van der Waals surface area contributed by atoms with Gasteiger partial charge in [0.2, 0.25) is 11.8 Å². The summed E-state index contributed by atoms with van der Waals surface area (Å²) in [7, 11) is 1.51. The first-order valence-electron chi connectivity index (χ1n) is 10.3. The molecule has 31 heavy (non-hydrogen) atoms. The number of terminal acetylenes is 1. The van der Waals surface area contributed by atoms with E-state index in [4.69, 9.17) is 11.2 Å². The number of hydrogen-bond acceptors (Lipinski definition) is 5. The fourth-order valence-corrected chi connectivity index (χ4v) is 3.13. The zero-order valence-corrected chi connectivity index (χ0v) is 19.8. The number of thiol groups is 1. The quantitative estimate of drug-likeness (QED) is 0.309. The molecule has 7 nitrogen and oxygen atoms in total. The molecule has 0 aromatic heterocycles. The molecule has 2 N–H and O–H groups in total. The van der Waals surface area contributed by atoms with Gasteiger partial charge in [0.25, 0.3) is 0 Å². The van der Waals surface area contributed by atoms with Crippen LogP contribution < -0.4 is 10.6 Å². The second kappa shape index (κ2) is 12.3. The first-order valence-corrected chi connectivity index (χ1v) is 10.9. The van der Waals surface area contributed by atoms with Crippen molar-refractivity contribution in [2.75, 3.05) is 19.3 Å². The average Bonchev–Trinajstić information content (AvgIpc) is 2.70. The summed E-state index contributed by atoms with van der Waals surface area (Å²) in [6, 6.07) is 5.03. The molecule has 3 amide bonds. The van der Waals surface area contributed by atoms with E-state index in [1.165, 1.54) is 11.9 Å². The first-order chi connectivity index (χ1) is 14.6. The van der Waals surface area contributed by atoms with E-state index < -0.39 is 29.7 Å². The highest BCUT2D eigenvalue weighted by Gasteiger charge is 2.34. The number of carbonyl (C=O) groups excluding carboxylic acids is 3. The Morgan fingerprint density at radius 2 is 1.90 bits per heavy atom. The van der Waals surface area contributed by atoms with E-state index in [0.717, 1.165) is 12.8 Å². The van der Waals surface area contributed by atoms with Crippen LogP contribution >= 0.6 is 12.6 Å². The number of amides is 3. The lowest BCUT2D eigenvalue weighted by atomic mass is 9.98. The predicted molar refractivity (Wildman–Crippen MR) is 125 cm³/mol. The molecule has 0 aliphatic carbocycles. The number of nitrogens with zero attached hydrogens (tertiary/aromatic N) is 1. The van der Waals surface area contributed by atoms with Crippen LogP contribution in [0.15, 0.2) is 24.3 Å². The monoisotopic (exact) mass is 447 g/mol. The van der Waals surface area contributed by atoms with Gasteiger partial charge in [-0.05, 0) is 38.8 Å². The number of unbranched alkanes of at least 4 members (excludes halogenated alkanes) is 1. The van der Waals surface area contributed by atoms with Gasteiger partial charge in [0.15, 0.2) is 0 Å². The summed E-state index contributed by atoms with van der Waals surface area (Å²) in [6.45, 7) is 7.68. The molecule has 2 atom stereocenters. The molecule has 0 aliphatic heterocycles. The van der Waals surface area contributed by atoms with Crippen molar-refractivity contribution < 1.29 is 19.1 Å². The topological polar surface area (TPSA) is 87.7 Å². The third kappa shape index (κ3) is 8.18. The molecule has 0 fully saturated rings. The second-order valence-electron chi connectivity index (χ2n) is 8.11. The molecule has 1 aromatic carbocycles. The summed E-state index contributed by atoms with van der Waals surface area (Å²) in [4.78, 5) is 39.7. The van der Waals surface area contributed by atoms with Crippen LogP contribution in [0.3, 0.4) is 0 Å². The summed E-state index contributed by atoms with van der Waals surface area (Å²) < 4.78 is 5.23. The summed E-state index contributed by atoms with van der Waals surface area (Å²) in [5, 5.41) is 5.39. The van der Waals surface area contributed by atoms with E-state index in [1.54, 1.807) is 45.0 Å². The lowest BCUT2D eigenvalue weighted by molar-refractivity contribution is -0.140. The minimum atomic E-state index is -0.980. The number of ether oxygens (including phenoxy) is 1. The van der Waals surface area contributed by atoms with E-state index in [9.17, 15) is 14.4 Å². The van der Waals surface area contributed by atoms with Crippen molar-refractivity contribution >= 4 is 30.5 Å². The molecule has 1 aromatic rings. The van der Waals surface area contributed by atoms with E-state index in [2.05, 4.69) is 29.2 Å². The molecule has 0 aliphatic rings. The molecule has 2 unspecified atom stereocenters. The Labute approximate surface area is 190 Å². The van der Waals surface area contributed by atoms with Crippen molar-refractivity contribution in [2.45, 2.75) is 58.2 Å². The molecule has 0 saturated heterocycles. The lowest BCUT2D eigenvalue weighted by Gasteiger charge is -2.31. The number of nitrogens with one attached hydrogen (secondary N) is 2. The fraction of sp³-hybridized carbons (Fsp3) is 0.522. The Morgan fingerprint density at radius 3 is 2.45 bits per heavy atom. The Balaban J connectivity index is 3.18. The standard InChI is InChI=1S/C23H33N3O4S/c1-7-9-14-24-20(27)19(17-13-11-10-12-16(17)8-2)26(6)21(28)18(15-31)25-22(29)30-23(3,4)5/h2,10-13,18-19,31H,7,9,14-15H2,1,3-6H3,(H,24,27)(H,25,29). The van der Waals surface area contributed by atoms with Gasteiger partial charge in [0, 0.05) is 24.9 Å². The van der Waals surface area contributed by atoms with Gasteiger partial charge in [0.1, 0.15) is 17.7 Å². The highest BCUT2D eigenvalue weighted by Crippen LogP contribution is 2.24. The average molecular weight is 448 g/mol. The molecule has 0 spiro atoms. The van der Waals surface area contributed by atoms with Crippen LogP contribution in [0.5, 0.6) is 0 Å². The normalized spacial score (nSPS) is 12.8. The molecule has 1 rings (SSSR count). The highest BCUT2D eigenvalue weighted by molar-refractivity contribution is 7.80. The van der Waals surface area contributed by atoms with Gasteiger partial charge in [-0.3, -0.25) is 9.59 Å². The van der Waals surface area contributed by atoms with Gasteiger partial charge in [-0.1, -0.05) is 37.5 Å². The van der Waals surface area contributed by atoms with Crippen LogP contribution in [0.4, 0.5) is 4.79 Å². The number of rotatable bonds is 9. The van der Waals surface area contributed by atoms with E-state index >= 15 is 0 Å². The maximum Gasteiger partial charge on any atom is 0.408 e. The van der Waals surface area contributed by atoms with Crippen molar-refractivity contribution in [3.63, 3.8) is 0 Å². The molecule has 0 radical (unpaired) electrons. The predicted octanol–water partition coefficient (Wildman–Crippen LogP) is 2.91. The third-order valence-electron chi connectivity index (χ3n) is 4.40. The van der Waals surface area contributed by atoms with Crippen molar-refractivity contribution in [1.29, 1.82) is 0 Å². The van der Waals surface area contributed by atoms with Crippen molar-refractivity contribution in [2.24, 2.45) is 0 Å². The summed E-state index contributed by atoms with van der Waals surface area (Å²) >= 11 is 4.20. The van der Waals surface area contributed by atoms with Crippen molar-refractivity contribution in [3.8, 4) is 12.3 Å². The van der Waals surface area contributed by atoms with Gasteiger partial charge >= 0.3 is 6.09 Å². The number of benzene rings is 1. The van der Waals surface area contributed by atoms with Gasteiger partial charge in [0.05, 0.1) is 0 Å². The highest BCUT2D eigenvalue weighted by atomic mass is 32.1. The smallest absolute Gasteiger partial charge is 0.408 e. The Bertz CT molecular complexity index is 814. The second-order valence-corrected chi connectivity index (χ2v) is 8.47. The van der Waals surface area contributed by atoms with E-state index in [-0.39, 0.29) is 11.7 Å². The number of carbonyl (C=O) groups is 3. The number of hydrogen-bond donors (Lipinski definition) is 3. The van der Waals surface area contributed by atoms with Gasteiger partial charge in [-0.25, -0.2) is 4.79 Å². The molecular weight excluding hydrogens is 414 g/mol. The zero-order chi connectivity index (χ0) is 23.6. The van der Waals surface area contributed by atoms with Gasteiger partial charge in [-0.2, -0.15) is 12.6 Å². The summed E-state index contributed by atoms with van der Waals surface area (Å²) in [5.74, 6) is 1.77. The molecule has 170 valence electrons. The Kier molecular flexibility index (Phi) is 10.4. The summed E-state index contributed by atoms with van der Waals surface area (Å²) in [5.41, 5.74) is 0.332. The van der Waals surface area contributed by atoms with E-state index in [1.807, 2.05) is 6.92 Å². The van der Waals surface area contributed by atoms with Crippen LogP contribution in [0.25, 0.3) is 0 Å². The van der Waals surface area contributed by atoms with Crippen molar-refractivity contribution in [1.82, 2.24) is 15.5 Å². The molecule has 0 heterocycles. The Hall–Kier alpha value is -2.66. The Morgan fingerprint density at radius 1 is 1.26 bits per heavy atom. The van der Waals surface area contributed by atoms with Crippen LogP contribution in [-0.4, -0.2) is 53.8 Å². The van der Waals surface area contributed by atoms with E-state index in [0.29, 0.717) is 17.7 Å². The van der Waals surface area contributed by atoms with Gasteiger partial charge < -0.3 is 20.3 Å². The number of alkyl carbamates (subject to hydrolysis) is 1. The SMILES string of the molecule is C#Cc1ccccc1C(C(=O)NCCCC)N(C)C(=O)C(CS)NC(=O)OC(C)(C)C. The lowest BCUT2D eigenvalue weighted by Crippen LogP contribution is -2.52. The van der Waals surface area contributed by atoms with Crippen LogP contribution in [0.2, 0.25) is 0 Å². The minimum Gasteiger partial charge on any atom is -0.444 e. The fourth-order valence-electron chi connectivity index (χ4n) is 2.89. The zero-order valence-electron chi connectivity index (χ0n) is 18.9. The van der Waals surface area contributed by atoms with Gasteiger partial charge in [-0.15, -0.1) is 6.42 Å². The molecular formula is C23H33N3O4S. The molecule has 8 heteroatoms. The first kappa shape index (κ1) is 26.4. The largest absolute Gasteiger partial charge is 0.444 e. The minimum absolute atomic E-state index is 0.0311. The third-order valence-corrected chi connectivity index (χ3v) is 4.76. The maximum atomic E-state index is 13.2. The van der Waals surface area contributed by atoms with Crippen LogP contribution in [-0.2, 0) is 14.3 Å². The number of likely N-dealkylation sites (N-methyl/N-ethyl adjacent to an activating group) is 1. The molecule has 0 saturated carbocycles.